The summed E-state index contributed by atoms with van der Waals surface area (Å²) in [6.07, 6.45) is 1.35. The van der Waals surface area contributed by atoms with Gasteiger partial charge in [0.1, 0.15) is 5.75 Å². The van der Waals surface area contributed by atoms with E-state index in [4.69, 9.17) is 9.15 Å². The Bertz CT molecular complexity index is 1070. The lowest BCUT2D eigenvalue weighted by molar-refractivity contribution is -0.141. The molecule has 2 aliphatic rings. The third kappa shape index (κ3) is 4.00. The van der Waals surface area contributed by atoms with Gasteiger partial charge in [0.25, 0.3) is 0 Å². The van der Waals surface area contributed by atoms with Gasteiger partial charge in [0, 0.05) is 30.6 Å². The molecule has 3 aromatic rings. The third-order valence-corrected chi connectivity index (χ3v) is 6.48. The van der Waals surface area contributed by atoms with Crippen molar-refractivity contribution in [3.8, 4) is 17.2 Å². The summed E-state index contributed by atoms with van der Waals surface area (Å²) in [7, 11) is 2.09. The lowest BCUT2D eigenvalue weighted by atomic mass is 9.77. The van der Waals surface area contributed by atoms with Crippen LogP contribution in [0.15, 0.2) is 59.0 Å². The highest BCUT2D eigenvalue weighted by Gasteiger charge is 2.53. The topological polar surface area (TPSA) is 71.7 Å². The molecule has 0 N–H and O–H groups in total. The maximum Gasteiger partial charge on any atom is 0.247 e. The smallest absolute Gasteiger partial charge is 0.247 e. The van der Waals surface area contributed by atoms with Crippen LogP contribution in [0.3, 0.4) is 0 Å². The van der Waals surface area contributed by atoms with E-state index in [0.717, 1.165) is 42.9 Å². The molecule has 166 valence electrons. The normalized spacial score (nSPS) is 19.8. The fourth-order valence-corrected chi connectivity index (χ4v) is 4.94. The van der Waals surface area contributed by atoms with Gasteiger partial charge < -0.3 is 14.1 Å². The van der Waals surface area contributed by atoms with Crippen molar-refractivity contribution >= 4 is 5.91 Å². The zero-order valence-electron chi connectivity index (χ0n) is 18.5. The van der Waals surface area contributed by atoms with Crippen molar-refractivity contribution in [2.75, 3.05) is 33.3 Å². The SMILES string of the molecule is CCOc1ccc(CC(=O)N2CC3(C[C@@H](c4nnc(-c5ccccc5)o4)N(C)C3)C2)cc1. The fraction of sp³-hybridized carbons (Fsp3) is 0.400. The summed E-state index contributed by atoms with van der Waals surface area (Å²) < 4.78 is 11.5. The molecule has 7 heteroatoms. The summed E-state index contributed by atoms with van der Waals surface area (Å²) >= 11 is 0. The molecule has 2 aromatic carbocycles. The van der Waals surface area contributed by atoms with Gasteiger partial charge in [0.2, 0.25) is 17.7 Å². The largest absolute Gasteiger partial charge is 0.494 e. The quantitative estimate of drug-likeness (QED) is 0.593. The second-order valence-electron chi connectivity index (χ2n) is 8.95. The molecule has 0 saturated carbocycles. The first kappa shape index (κ1) is 20.7. The third-order valence-electron chi connectivity index (χ3n) is 6.48. The van der Waals surface area contributed by atoms with Crippen LogP contribution in [0, 0.1) is 5.41 Å². The summed E-state index contributed by atoms with van der Waals surface area (Å²) in [5, 5.41) is 8.58. The summed E-state index contributed by atoms with van der Waals surface area (Å²) in [5.41, 5.74) is 2.05. The predicted octanol–water partition coefficient (Wildman–Crippen LogP) is 3.58. The van der Waals surface area contributed by atoms with Crippen LogP contribution in [0.4, 0.5) is 0 Å². The number of aromatic nitrogens is 2. The van der Waals surface area contributed by atoms with Crippen molar-refractivity contribution in [3.63, 3.8) is 0 Å². The Hall–Kier alpha value is -3.19. The van der Waals surface area contributed by atoms with Crippen LogP contribution in [-0.4, -0.2) is 59.2 Å². The molecule has 1 amide bonds. The van der Waals surface area contributed by atoms with E-state index in [1.807, 2.05) is 66.4 Å². The first-order valence-corrected chi connectivity index (χ1v) is 11.1. The molecule has 3 heterocycles. The minimum atomic E-state index is 0.0864. The van der Waals surface area contributed by atoms with Gasteiger partial charge in [-0.15, -0.1) is 10.2 Å². The second kappa shape index (κ2) is 8.39. The predicted molar refractivity (Wildman–Crippen MR) is 120 cm³/mol. The molecular formula is C25H28N4O3. The van der Waals surface area contributed by atoms with Gasteiger partial charge in [0.15, 0.2) is 0 Å². The minimum Gasteiger partial charge on any atom is -0.494 e. The molecule has 0 bridgehead atoms. The fourth-order valence-electron chi connectivity index (χ4n) is 4.94. The van der Waals surface area contributed by atoms with Crippen molar-refractivity contribution in [2.45, 2.75) is 25.8 Å². The standard InChI is InChI=1S/C25H28N4O3/c1-3-31-20-11-9-18(10-12-20)13-22(30)29-16-25(17-29)14-21(28(2)15-25)24-27-26-23(32-24)19-7-5-4-6-8-19/h4-12,21H,3,13-17H2,1-2H3/t21-/m0/s1. The van der Waals surface area contributed by atoms with E-state index in [-0.39, 0.29) is 17.4 Å². The number of hydrogen-bond donors (Lipinski definition) is 0. The van der Waals surface area contributed by atoms with Crippen LogP contribution < -0.4 is 4.74 Å². The van der Waals surface area contributed by atoms with Gasteiger partial charge in [-0.3, -0.25) is 9.69 Å². The van der Waals surface area contributed by atoms with Crippen molar-refractivity contribution in [1.29, 1.82) is 0 Å². The molecule has 2 fully saturated rings. The molecule has 0 unspecified atom stereocenters. The van der Waals surface area contributed by atoms with Crippen LogP contribution in [-0.2, 0) is 11.2 Å². The molecule has 0 radical (unpaired) electrons. The number of amides is 1. The van der Waals surface area contributed by atoms with Crippen LogP contribution in [0.1, 0.15) is 30.8 Å². The van der Waals surface area contributed by atoms with Gasteiger partial charge in [-0.05, 0) is 50.2 Å². The zero-order valence-corrected chi connectivity index (χ0v) is 18.5. The number of ether oxygens (including phenoxy) is 1. The first-order valence-electron chi connectivity index (χ1n) is 11.1. The average molecular weight is 433 g/mol. The van der Waals surface area contributed by atoms with Crippen molar-refractivity contribution in [1.82, 2.24) is 20.0 Å². The van der Waals surface area contributed by atoms with Crippen molar-refractivity contribution < 1.29 is 13.9 Å². The van der Waals surface area contributed by atoms with Gasteiger partial charge in [-0.25, -0.2) is 0 Å². The van der Waals surface area contributed by atoms with Crippen LogP contribution in [0.25, 0.3) is 11.5 Å². The second-order valence-corrected chi connectivity index (χ2v) is 8.95. The minimum absolute atomic E-state index is 0.0864. The number of nitrogens with zero attached hydrogens (tertiary/aromatic N) is 4. The van der Waals surface area contributed by atoms with E-state index in [9.17, 15) is 4.79 Å². The Kier molecular flexibility index (Phi) is 5.43. The number of likely N-dealkylation sites (tertiary alicyclic amines) is 2. The van der Waals surface area contributed by atoms with E-state index in [0.29, 0.717) is 24.8 Å². The Morgan fingerprint density at radius 1 is 1.09 bits per heavy atom. The molecule has 7 nitrogen and oxygen atoms in total. The van der Waals surface area contributed by atoms with E-state index >= 15 is 0 Å². The average Bonchev–Trinajstić information content (AvgIpc) is 3.40. The van der Waals surface area contributed by atoms with Crippen LogP contribution in [0.5, 0.6) is 5.75 Å². The Morgan fingerprint density at radius 3 is 2.56 bits per heavy atom. The van der Waals surface area contributed by atoms with Gasteiger partial charge >= 0.3 is 0 Å². The maximum absolute atomic E-state index is 12.8. The molecule has 2 saturated heterocycles. The van der Waals surface area contributed by atoms with Gasteiger partial charge in [-0.1, -0.05) is 30.3 Å². The molecule has 1 aromatic heterocycles. The monoisotopic (exact) mass is 432 g/mol. The molecular weight excluding hydrogens is 404 g/mol. The maximum atomic E-state index is 12.8. The Labute approximate surface area is 188 Å². The summed E-state index contributed by atoms with van der Waals surface area (Å²) in [4.78, 5) is 17.0. The number of hydrogen-bond acceptors (Lipinski definition) is 6. The van der Waals surface area contributed by atoms with Crippen LogP contribution >= 0.6 is 0 Å². The van der Waals surface area contributed by atoms with E-state index < -0.39 is 0 Å². The highest BCUT2D eigenvalue weighted by Crippen LogP contribution is 2.47. The van der Waals surface area contributed by atoms with Crippen molar-refractivity contribution in [3.05, 3.63) is 66.1 Å². The number of rotatable bonds is 6. The van der Waals surface area contributed by atoms with E-state index in [1.54, 1.807) is 0 Å². The Morgan fingerprint density at radius 2 is 1.84 bits per heavy atom. The van der Waals surface area contributed by atoms with E-state index in [2.05, 4.69) is 22.1 Å². The molecule has 5 rings (SSSR count). The molecule has 1 atom stereocenters. The molecule has 0 aliphatic carbocycles. The van der Waals surface area contributed by atoms with Crippen LogP contribution in [0.2, 0.25) is 0 Å². The Balaban J connectivity index is 1.19. The number of benzene rings is 2. The summed E-state index contributed by atoms with van der Waals surface area (Å²) in [6.45, 7) is 5.09. The van der Waals surface area contributed by atoms with Gasteiger partial charge in [0.05, 0.1) is 19.1 Å². The molecule has 32 heavy (non-hydrogen) atoms. The number of carbonyl (C=O) groups is 1. The zero-order chi connectivity index (χ0) is 22.1. The molecule has 2 aliphatic heterocycles. The lowest BCUT2D eigenvalue weighted by Crippen LogP contribution is -2.59. The van der Waals surface area contributed by atoms with Gasteiger partial charge in [-0.2, -0.15) is 0 Å². The first-order chi connectivity index (χ1) is 15.5. The highest BCUT2D eigenvalue weighted by atomic mass is 16.5. The summed E-state index contributed by atoms with van der Waals surface area (Å²) in [5.74, 6) is 2.22. The lowest BCUT2D eigenvalue weighted by Gasteiger charge is -2.48. The van der Waals surface area contributed by atoms with Crippen molar-refractivity contribution in [2.24, 2.45) is 5.41 Å². The summed E-state index contributed by atoms with van der Waals surface area (Å²) in [6, 6.07) is 17.7. The van der Waals surface area contributed by atoms with E-state index in [1.165, 1.54) is 0 Å². The molecule has 1 spiro atoms. The number of carbonyl (C=O) groups excluding carboxylic acids is 1. The highest BCUT2D eigenvalue weighted by molar-refractivity contribution is 5.79.